The zero-order chi connectivity index (χ0) is 36.3. The average molecular weight is 691 g/mol. The fraction of sp³-hybridized carbons (Fsp3) is 0.0400. The van der Waals surface area contributed by atoms with Crippen LogP contribution < -0.4 is 0 Å². The van der Waals surface area contributed by atoms with Gasteiger partial charge in [-0.1, -0.05) is 103 Å². The van der Waals surface area contributed by atoms with Gasteiger partial charge in [0.2, 0.25) is 0 Å². The molecule has 10 rings (SSSR count). The van der Waals surface area contributed by atoms with Crippen LogP contribution in [0.15, 0.2) is 170 Å². The Labute approximate surface area is 313 Å². The number of nitrogens with zero attached hydrogens (tertiary/aromatic N) is 4. The number of para-hydroxylation sites is 2. The number of fused-ring (bicyclic) bond motifs is 6. The van der Waals surface area contributed by atoms with E-state index in [-0.39, 0.29) is 0 Å². The first-order valence-corrected chi connectivity index (χ1v) is 18.3. The van der Waals surface area contributed by atoms with Gasteiger partial charge < -0.3 is 9.13 Å². The minimum atomic E-state index is 0.590. The van der Waals surface area contributed by atoms with E-state index in [1.807, 2.05) is 18.3 Å². The Kier molecular flexibility index (Phi) is 7.28. The van der Waals surface area contributed by atoms with Gasteiger partial charge in [0.05, 0.1) is 45.1 Å². The first-order chi connectivity index (χ1) is 26.6. The lowest BCUT2D eigenvalue weighted by Gasteiger charge is -2.19. The van der Waals surface area contributed by atoms with Crippen molar-refractivity contribution in [2.24, 2.45) is 0 Å². The largest absolute Gasteiger partial charge is 0.307 e. The predicted molar refractivity (Wildman–Crippen MR) is 223 cm³/mol. The molecular weight excluding hydrogens is 657 g/mol. The third-order valence-electron chi connectivity index (χ3n) is 10.9. The van der Waals surface area contributed by atoms with Gasteiger partial charge >= 0.3 is 0 Å². The summed E-state index contributed by atoms with van der Waals surface area (Å²) in [7, 11) is 0. The van der Waals surface area contributed by atoms with E-state index in [4.69, 9.17) is 0 Å². The van der Waals surface area contributed by atoms with Crippen LogP contribution in [0.25, 0.3) is 88.4 Å². The van der Waals surface area contributed by atoms with Crippen molar-refractivity contribution < 1.29 is 0 Å². The molecule has 0 unspecified atom stereocenters. The van der Waals surface area contributed by atoms with Crippen LogP contribution in [0.1, 0.15) is 16.7 Å². The highest BCUT2D eigenvalue weighted by molar-refractivity contribution is 6.13. The van der Waals surface area contributed by atoms with Crippen molar-refractivity contribution in [3.05, 3.63) is 187 Å². The zero-order valence-electron chi connectivity index (χ0n) is 30.0. The molecule has 0 fully saturated rings. The maximum absolute atomic E-state index is 10.8. The molecule has 0 bridgehead atoms. The Hall–Kier alpha value is -7.22. The molecule has 0 aliphatic carbocycles. The third-order valence-corrected chi connectivity index (χ3v) is 10.9. The van der Waals surface area contributed by atoms with E-state index in [1.54, 1.807) is 6.20 Å². The summed E-state index contributed by atoms with van der Waals surface area (Å²) in [4.78, 5) is 4.45. The lowest BCUT2D eigenvalue weighted by molar-refractivity contribution is 1.09. The number of benzene rings is 7. The lowest BCUT2D eigenvalue weighted by atomic mass is 9.98. The van der Waals surface area contributed by atoms with Crippen LogP contribution >= 0.6 is 0 Å². The van der Waals surface area contributed by atoms with Crippen molar-refractivity contribution in [1.29, 1.82) is 5.26 Å². The summed E-state index contributed by atoms with van der Waals surface area (Å²) in [5.74, 6) is 0. The molecule has 0 spiro atoms. The minimum Gasteiger partial charge on any atom is -0.307 e. The SMILES string of the molecule is Cc1ccccc1-c1ccc2c(c1)c1ccccc1n2-c1cc(C#N)c(-c2cccnc2)cc1-n1c2ccccc2c2cc(-c3ccccc3C)ccc21. The van der Waals surface area contributed by atoms with Gasteiger partial charge in [-0.05, 0) is 102 Å². The quantitative estimate of drug-likeness (QED) is 0.180. The molecular formula is C50H34N4. The van der Waals surface area contributed by atoms with Crippen LogP contribution in [0.3, 0.4) is 0 Å². The van der Waals surface area contributed by atoms with Gasteiger partial charge in [-0.2, -0.15) is 5.26 Å². The number of hydrogen-bond donors (Lipinski definition) is 0. The van der Waals surface area contributed by atoms with Crippen molar-refractivity contribution in [3.63, 3.8) is 0 Å². The zero-order valence-corrected chi connectivity index (χ0v) is 30.0. The molecule has 54 heavy (non-hydrogen) atoms. The van der Waals surface area contributed by atoms with E-state index in [0.29, 0.717) is 5.56 Å². The number of nitriles is 1. The Morgan fingerprint density at radius 1 is 0.444 bits per heavy atom. The van der Waals surface area contributed by atoms with Crippen LogP contribution in [0.5, 0.6) is 0 Å². The topological polar surface area (TPSA) is 46.5 Å². The van der Waals surface area contributed by atoms with Crippen LogP contribution in [-0.2, 0) is 0 Å². The molecule has 0 saturated heterocycles. The number of pyridine rings is 1. The van der Waals surface area contributed by atoms with Crippen molar-refractivity contribution in [1.82, 2.24) is 14.1 Å². The maximum Gasteiger partial charge on any atom is 0.0999 e. The Bertz CT molecular complexity index is 3140. The predicted octanol–water partition coefficient (Wildman–Crippen LogP) is 12.8. The molecule has 4 heteroatoms. The molecule has 4 nitrogen and oxygen atoms in total. The Morgan fingerprint density at radius 2 is 0.944 bits per heavy atom. The van der Waals surface area contributed by atoms with E-state index in [9.17, 15) is 5.26 Å². The normalized spacial score (nSPS) is 11.5. The Balaban J connectivity index is 1.32. The molecule has 0 N–H and O–H groups in total. The molecule has 3 heterocycles. The highest BCUT2D eigenvalue weighted by atomic mass is 15.1. The van der Waals surface area contributed by atoms with E-state index in [2.05, 4.69) is 180 Å². The maximum atomic E-state index is 10.8. The highest BCUT2D eigenvalue weighted by Crippen LogP contribution is 2.42. The van der Waals surface area contributed by atoms with Gasteiger partial charge in [0.1, 0.15) is 0 Å². The third kappa shape index (κ3) is 4.87. The van der Waals surface area contributed by atoms with Crippen molar-refractivity contribution >= 4 is 43.6 Å². The van der Waals surface area contributed by atoms with Gasteiger partial charge in [-0.3, -0.25) is 4.98 Å². The summed E-state index contributed by atoms with van der Waals surface area (Å²) >= 11 is 0. The van der Waals surface area contributed by atoms with Crippen LogP contribution in [0.4, 0.5) is 0 Å². The minimum absolute atomic E-state index is 0.590. The molecule has 0 saturated carbocycles. The Morgan fingerprint density at radius 3 is 1.46 bits per heavy atom. The molecule has 7 aromatic carbocycles. The van der Waals surface area contributed by atoms with Gasteiger partial charge in [0.25, 0.3) is 0 Å². The monoisotopic (exact) mass is 690 g/mol. The van der Waals surface area contributed by atoms with Gasteiger partial charge in [0, 0.05) is 45.1 Å². The van der Waals surface area contributed by atoms with Crippen molar-refractivity contribution in [3.8, 4) is 50.8 Å². The smallest absolute Gasteiger partial charge is 0.0999 e. The van der Waals surface area contributed by atoms with Crippen molar-refractivity contribution in [2.45, 2.75) is 13.8 Å². The molecule has 0 radical (unpaired) electrons. The fourth-order valence-corrected chi connectivity index (χ4v) is 8.38. The molecule has 0 aliphatic rings. The number of aryl methyl sites for hydroxylation is 2. The first-order valence-electron chi connectivity index (χ1n) is 18.3. The van der Waals surface area contributed by atoms with E-state index in [1.165, 1.54) is 44.2 Å². The van der Waals surface area contributed by atoms with E-state index in [0.717, 1.165) is 55.3 Å². The van der Waals surface area contributed by atoms with Crippen LogP contribution in [0.2, 0.25) is 0 Å². The van der Waals surface area contributed by atoms with Crippen molar-refractivity contribution in [2.75, 3.05) is 0 Å². The molecule has 0 atom stereocenters. The molecule has 3 aromatic heterocycles. The summed E-state index contributed by atoms with van der Waals surface area (Å²) < 4.78 is 4.72. The number of hydrogen-bond acceptors (Lipinski definition) is 2. The summed E-state index contributed by atoms with van der Waals surface area (Å²) in [5.41, 5.74) is 15.9. The summed E-state index contributed by atoms with van der Waals surface area (Å²) in [6, 6.07) is 58.7. The summed E-state index contributed by atoms with van der Waals surface area (Å²) in [5, 5.41) is 15.4. The highest BCUT2D eigenvalue weighted by Gasteiger charge is 2.23. The fourth-order valence-electron chi connectivity index (χ4n) is 8.38. The molecule has 10 aromatic rings. The lowest BCUT2D eigenvalue weighted by Crippen LogP contribution is -2.05. The molecule has 254 valence electrons. The average Bonchev–Trinajstić information content (AvgIpc) is 3.73. The summed E-state index contributed by atoms with van der Waals surface area (Å²) in [6.45, 7) is 4.33. The van der Waals surface area contributed by atoms with Gasteiger partial charge in [0.15, 0.2) is 0 Å². The first kappa shape index (κ1) is 31.5. The second-order valence-electron chi connectivity index (χ2n) is 14.0. The standard InChI is InChI=1S/C50H34N4/c1-32-12-3-5-15-38(32)34-21-23-47-43(26-34)40-17-7-9-19-45(40)53(47)49-28-37(30-51)42(36-14-11-25-52-31-36)29-50(49)54-46-20-10-8-18-41(46)44-27-35(22-24-48(44)54)39-16-6-4-13-33(39)2/h3-29,31H,1-2H3. The second kappa shape index (κ2) is 12.5. The molecule has 0 aliphatic heterocycles. The molecule has 0 amide bonds. The number of rotatable bonds is 5. The van der Waals surface area contributed by atoms with Crippen LogP contribution in [-0.4, -0.2) is 14.1 Å². The second-order valence-corrected chi connectivity index (χ2v) is 14.0. The van der Waals surface area contributed by atoms with Gasteiger partial charge in [-0.25, -0.2) is 0 Å². The van der Waals surface area contributed by atoms with Gasteiger partial charge in [-0.15, -0.1) is 0 Å². The van der Waals surface area contributed by atoms with E-state index >= 15 is 0 Å². The number of aromatic nitrogens is 3. The summed E-state index contributed by atoms with van der Waals surface area (Å²) in [6.07, 6.45) is 3.61. The van der Waals surface area contributed by atoms with E-state index < -0.39 is 0 Å². The van der Waals surface area contributed by atoms with Crippen LogP contribution in [0, 0.1) is 25.2 Å².